The van der Waals surface area contributed by atoms with E-state index in [0.29, 0.717) is 6.42 Å². The predicted molar refractivity (Wildman–Crippen MR) is 103 cm³/mol. The van der Waals surface area contributed by atoms with Gasteiger partial charge in [0, 0.05) is 6.54 Å². The predicted octanol–water partition coefficient (Wildman–Crippen LogP) is 3.00. The Morgan fingerprint density at radius 2 is 1.81 bits per heavy atom. The standard InChI is InChI=1S/C20H24F3NO6S/c1-13(30-31(27,28)20(21,22)23)18(25)24-11-15-9-5-6-10-16(15)17(24)19(26)29-12-14-7-3-2-4-8-14/h2-4,7-8,13,15-17H,5-6,9-12H2,1H3/t13-,15?,16?,17?/m1/s1. The van der Waals surface area contributed by atoms with E-state index in [2.05, 4.69) is 4.18 Å². The van der Waals surface area contributed by atoms with Crippen molar-refractivity contribution in [1.29, 1.82) is 0 Å². The van der Waals surface area contributed by atoms with Crippen LogP contribution in [0.3, 0.4) is 0 Å². The molecular weight excluding hydrogens is 439 g/mol. The molecule has 172 valence electrons. The molecule has 2 fully saturated rings. The molecule has 0 bridgehead atoms. The quantitative estimate of drug-likeness (QED) is 0.366. The molecule has 0 aromatic heterocycles. The molecule has 31 heavy (non-hydrogen) atoms. The Morgan fingerprint density at radius 1 is 1.16 bits per heavy atom. The van der Waals surface area contributed by atoms with E-state index in [9.17, 15) is 31.2 Å². The monoisotopic (exact) mass is 463 g/mol. The van der Waals surface area contributed by atoms with E-state index >= 15 is 0 Å². The van der Waals surface area contributed by atoms with E-state index in [1.807, 2.05) is 6.07 Å². The number of halogens is 3. The van der Waals surface area contributed by atoms with Crippen LogP contribution < -0.4 is 0 Å². The summed E-state index contributed by atoms with van der Waals surface area (Å²) in [4.78, 5) is 26.9. The van der Waals surface area contributed by atoms with Crippen LogP contribution in [0.5, 0.6) is 0 Å². The van der Waals surface area contributed by atoms with Crippen LogP contribution in [0.15, 0.2) is 30.3 Å². The molecule has 0 spiro atoms. The fraction of sp³-hybridized carbons (Fsp3) is 0.600. The van der Waals surface area contributed by atoms with Crippen LogP contribution in [-0.4, -0.2) is 49.4 Å². The number of carbonyl (C=O) groups is 2. The maximum absolute atomic E-state index is 12.9. The van der Waals surface area contributed by atoms with Crippen molar-refractivity contribution < 1.29 is 40.1 Å². The van der Waals surface area contributed by atoms with Gasteiger partial charge in [-0.25, -0.2) is 4.79 Å². The van der Waals surface area contributed by atoms with Crippen LogP contribution in [0.1, 0.15) is 38.2 Å². The SMILES string of the molecule is C[C@@H](OS(=O)(=O)C(F)(F)F)C(=O)N1CC2CCCCC2C1C(=O)OCc1ccccc1. The van der Waals surface area contributed by atoms with Crippen LogP contribution in [-0.2, 0) is 35.2 Å². The zero-order chi connectivity index (χ0) is 22.8. The van der Waals surface area contributed by atoms with E-state index in [1.165, 1.54) is 0 Å². The summed E-state index contributed by atoms with van der Waals surface area (Å²) in [6, 6.07) is 7.93. The largest absolute Gasteiger partial charge is 0.523 e. The number of hydrogen-bond donors (Lipinski definition) is 0. The molecule has 1 aliphatic carbocycles. The molecule has 1 saturated carbocycles. The average Bonchev–Trinajstić information content (AvgIpc) is 3.10. The number of amides is 1. The van der Waals surface area contributed by atoms with Gasteiger partial charge in [-0.3, -0.25) is 8.98 Å². The number of esters is 1. The van der Waals surface area contributed by atoms with Gasteiger partial charge >= 0.3 is 21.6 Å². The van der Waals surface area contributed by atoms with Crippen LogP contribution in [0.4, 0.5) is 13.2 Å². The molecule has 1 aliphatic heterocycles. The van der Waals surface area contributed by atoms with Gasteiger partial charge in [-0.05, 0) is 37.2 Å². The third-order valence-electron chi connectivity index (χ3n) is 5.79. The first kappa shape index (κ1) is 23.5. The average molecular weight is 463 g/mol. The van der Waals surface area contributed by atoms with E-state index in [0.717, 1.165) is 36.6 Å². The van der Waals surface area contributed by atoms with Crippen LogP contribution >= 0.6 is 0 Å². The molecule has 4 atom stereocenters. The molecule has 1 aromatic rings. The Bertz CT molecular complexity index is 905. The lowest BCUT2D eigenvalue weighted by Gasteiger charge is -2.29. The highest BCUT2D eigenvalue weighted by atomic mass is 32.2. The molecule has 1 amide bonds. The van der Waals surface area contributed by atoms with Crippen molar-refractivity contribution in [3.63, 3.8) is 0 Å². The number of ether oxygens (including phenoxy) is 1. The molecule has 0 radical (unpaired) electrons. The molecule has 7 nitrogen and oxygen atoms in total. The second-order valence-corrected chi connectivity index (χ2v) is 9.44. The molecule has 0 N–H and O–H groups in total. The molecule has 1 saturated heterocycles. The third kappa shape index (κ3) is 5.20. The van der Waals surface area contributed by atoms with Gasteiger partial charge in [0.2, 0.25) is 0 Å². The molecule has 3 rings (SSSR count). The lowest BCUT2D eigenvalue weighted by atomic mass is 9.78. The smallest absolute Gasteiger partial charge is 0.459 e. The van der Waals surface area contributed by atoms with Gasteiger partial charge in [0.15, 0.2) is 6.10 Å². The second kappa shape index (κ2) is 9.15. The minimum atomic E-state index is -5.95. The van der Waals surface area contributed by atoms with E-state index in [4.69, 9.17) is 4.74 Å². The zero-order valence-electron chi connectivity index (χ0n) is 16.9. The summed E-state index contributed by atoms with van der Waals surface area (Å²) < 4.78 is 70.0. The number of rotatable bonds is 6. The van der Waals surface area contributed by atoms with E-state index in [1.54, 1.807) is 24.3 Å². The van der Waals surface area contributed by atoms with Crippen molar-refractivity contribution in [1.82, 2.24) is 4.90 Å². The molecule has 1 heterocycles. The van der Waals surface area contributed by atoms with Gasteiger partial charge in [-0.1, -0.05) is 43.2 Å². The van der Waals surface area contributed by atoms with Gasteiger partial charge in [-0.15, -0.1) is 0 Å². The number of likely N-dealkylation sites (tertiary alicyclic amines) is 1. The van der Waals surface area contributed by atoms with Gasteiger partial charge in [0.1, 0.15) is 12.6 Å². The molecular formula is C20H24F3NO6S. The van der Waals surface area contributed by atoms with Crippen molar-refractivity contribution in [3.8, 4) is 0 Å². The number of benzene rings is 1. The lowest BCUT2D eigenvalue weighted by Crippen LogP contribution is -2.49. The zero-order valence-corrected chi connectivity index (χ0v) is 17.7. The van der Waals surface area contributed by atoms with Crippen LogP contribution in [0.25, 0.3) is 0 Å². The normalized spacial score (nSPS) is 25.0. The second-order valence-electron chi connectivity index (χ2n) is 7.88. The minimum Gasteiger partial charge on any atom is -0.459 e. The van der Waals surface area contributed by atoms with E-state index < -0.39 is 39.6 Å². The highest BCUT2D eigenvalue weighted by Crippen LogP contribution is 2.41. The fourth-order valence-electron chi connectivity index (χ4n) is 4.34. The van der Waals surface area contributed by atoms with Gasteiger partial charge in [0.25, 0.3) is 5.91 Å². The number of alkyl halides is 3. The Morgan fingerprint density at radius 3 is 2.45 bits per heavy atom. The van der Waals surface area contributed by atoms with Crippen molar-refractivity contribution in [2.75, 3.05) is 6.54 Å². The van der Waals surface area contributed by atoms with Crippen molar-refractivity contribution in [3.05, 3.63) is 35.9 Å². The number of nitrogens with zero attached hydrogens (tertiary/aromatic N) is 1. The van der Waals surface area contributed by atoms with Crippen LogP contribution in [0.2, 0.25) is 0 Å². The van der Waals surface area contributed by atoms with Gasteiger partial charge in [-0.2, -0.15) is 21.6 Å². The Hall–Kier alpha value is -2.14. The topological polar surface area (TPSA) is 90.0 Å². The summed E-state index contributed by atoms with van der Waals surface area (Å²) >= 11 is 0. The first-order valence-corrected chi connectivity index (χ1v) is 11.4. The first-order valence-electron chi connectivity index (χ1n) is 10.0. The Balaban J connectivity index is 1.76. The molecule has 3 unspecified atom stereocenters. The number of carbonyl (C=O) groups excluding carboxylic acids is 2. The minimum absolute atomic E-state index is 0.00148. The van der Waals surface area contributed by atoms with Crippen molar-refractivity contribution >= 4 is 22.0 Å². The highest BCUT2D eigenvalue weighted by Gasteiger charge is 2.52. The molecule has 2 aliphatic rings. The van der Waals surface area contributed by atoms with Crippen LogP contribution in [0, 0.1) is 11.8 Å². The maximum Gasteiger partial charge on any atom is 0.523 e. The Labute approximate surface area is 178 Å². The van der Waals surface area contributed by atoms with Gasteiger partial charge < -0.3 is 9.64 Å². The summed E-state index contributed by atoms with van der Waals surface area (Å²) in [6.07, 6.45) is 1.31. The third-order valence-corrected chi connectivity index (χ3v) is 6.90. The van der Waals surface area contributed by atoms with Crippen molar-refractivity contribution in [2.24, 2.45) is 11.8 Å². The van der Waals surface area contributed by atoms with Gasteiger partial charge in [0.05, 0.1) is 0 Å². The lowest BCUT2D eigenvalue weighted by molar-refractivity contribution is -0.158. The number of fused-ring (bicyclic) bond motifs is 1. The number of hydrogen-bond acceptors (Lipinski definition) is 6. The summed E-state index contributed by atoms with van der Waals surface area (Å²) in [5.74, 6) is -1.83. The molecule has 11 heteroatoms. The Kier molecular flexibility index (Phi) is 6.95. The van der Waals surface area contributed by atoms with Crippen molar-refractivity contribution in [2.45, 2.75) is 56.9 Å². The van der Waals surface area contributed by atoms with E-state index in [-0.39, 0.29) is 25.0 Å². The fourth-order valence-corrected chi connectivity index (χ4v) is 4.91. The maximum atomic E-state index is 12.9. The summed E-state index contributed by atoms with van der Waals surface area (Å²) in [5.41, 5.74) is -4.89. The summed E-state index contributed by atoms with van der Waals surface area (Å²) in [7, 11) is -5.95. The first-order chi connectivity index (χ1) is 14.5. The highest BCUT2D eigenvalue weighted by molar-refractivity contribution is 7.87. The summed E-state index contributed by atoms with van der Waals surface area (Å²) in [5, 5.41) is 0. The molecule has 1 aromatic carbocycles. The summed E-state index contributed by atoms with van der Waals surface area (Å²) in [6.45, 7) is 1.07.